The number of hydrogen-bond acceptors (Lipinski definition) is 10. The molecule has 498 valence electrons. The quantitative estimate of drug-likeness (QED) is 0.0145. The molecule has 2 bridgehead atoms. The molecule has 1 heterocycles. The SMILES string of the molecule is CCCCCCCCC(=O)Nc1ccc2c(c1)C1(CCC(=O)N(C)CCOCCN(C)C(=O)[C@@H]3C[C@H](N=[N+]=[N-])CN3C(=O)c3ccc(F)cc3)c3cc(NC(=O)CCCCCCCC)ccc3C2c2ccc(NC(=O)CCCCCCCNC(=O)OC(C)(C)C)cc21. The molecule has 3 aliphatic carbocycles. The lowest BCUT2D eigenvalue weighted by Gasteiger charge is -2.51. The van der Waals surface area contributed by atoms with Gasteiger partial charge in [0, 0.05) is 105 Å². The number of nitrogens with one attached hydrogen (secondary N) is 4. The monoisotopic (exact) mass is 1270 g/mol. The van der Waals surface area contributed by atoms with Crippen LogP contribution in [-0.2, 0) is 38.9 Å². The average Bonchev–Trinajstić information content (AvgIpc) is 0.730. The maximum Gasteiger partial charge on any atom is 0.407 e. The van der Waals surface area contributed by atoms with Gasteiger partial charge in [0.25, 0.3) is 5.91 Å². The van der Waals surface area contributed by atoms with Crippen LogP contribution in [0.3, 0.4) is 0 Å². The minimum absolute atomic E-state index is 0.0356. The number of hydrogen-bond donors (Lipinski definition) is 4. The largest absolute Gasteiger partial charge is 0.444 e. The smallest absolute Gasteiger partial charge is 0.407 e. The standard InChI is InChI=1S/C72H99FN10O9/c1-8-10-12-14-17-21-25-63(84)76-52-32-35-56-59(45-52)72(39-38-66(87)81(6)41-43-91-44-42-82(7)69(89)62-48-55(79-80-74)49-83(62)68(88)50-28-30-51(73)31-29-50)60-46-53(77-64(85)26-22-18-15-13-11-9-2)33-36-57(60)67(56)58-37-34-54(47-61(58)72)78-65(86)27-23-19-16-20-24-40-75-70(90)92-71(3,4)5/h28-37,45-47,55,62,67H,8-27,38-44,48-49H2,1-7H3,(H,75,90)(H,76,84)(H,77,85)(H,78,86)/t55-,62-,67?,72?/m0/s1. The molecule has 19 nitrogen and oxygen atoms in total. The van der Waals surface area contributed by atoms with E-state index in [1.807, 2.05) is 45.0 Å². The van der Waals surface area contributed by atoms with Gasteiger partial charge in [0.05, 0.1) is 19.3 Å². The van der Waals surface area contributed by atoms with Gasteiger partial charge in [-0.15, -0.1) is 0 Å². The van der Waals surface area contributed by atoms with Gasteiger partial charge in [-0.2, -0.15) is 0 Å². The molecule has 8 rings (SSSR count). The van der Waals surface area contributed by atoms with Gasteiger partial charge in [-0.25, -0.2) is 9.18 Å². The first kappa shape index (κ1) is 71.6. The average molecular weight is 1270 g/mol. The number of carbonyl (C=O) groups is 7. The topological polar surface area (TPSA) is 245 Å². The van der Waals surface area contributed by atoms with Crippen LogP contribution in [0.2, 0.25) is 0 Å². The molecule has 4 aliphatic rings. The third-order valence-electron chi connectivity index (χ3n) is 17.9. The Balaban J connectivity index is 1.09. The second kappa shape index (κ2) is 35.3. The predicted octanol–water partition coefficient (Wildman–Crippen LogP) is 14.5. The molecule has 2 atom stereocenters. The fourth-order valence-corrected chi connectivity index (χ4v) is 13.0. The van der Waals surface area contributed by atoms with Gasteiger partial charge in [0.1, 0.15) is 17.5 Å². The minimum Gasteiger partial charge on any atom is -0.444 e. The molecule has 7 amide bonds. The van der Waals surface area contributed by atoms with Crippen molar-refractivity contribution >= 4 is 58.6 Å². The van der Waals surface area contributed by atoms with Gasteiger partial charge in [0.15, 0.2) is 0 Å². The first-order chi connectivity index (χ1) is 44.3. The lowest BCUT2D eigenvalue weighted by Crippen LogP contribution is -2.47. The number of carbonyl (C=O) groups excluding carboxylic acids is 7. The maximum absolute atomic E-state index is 14.7. The van der Waals surface area contributed by atoms with E-state index in [-0.39, 0.29) is 86.7 Å². The van der Waals surface area contributed by atoms with Gasteiger partial charge >= 0.3 is 6.09 Å². The first-order valence-electron chi connectivity index (χ1n) is 33.7. The zero-order valence-electron chi connectivity index (χ0n) is 55.5. The Morgan fingerprint density at radius 1 is 0.630 bits per heavy atom. The van der Waals surface area contributed by atoms with Crippen molar-refractivity contribution in [3.05, 3.63) is 134 Å². The summed E-state index contributed by atoms with van der Waals surface area (Å²) in [6.45, 7) is 11.1. The molecule has 0 spiro atoms. The number of benzene rings is 4. The van der Waals surface area contributed by atoms with Crippen molar-refractivity contribution in [1.29, 1.82) is 0 Å². The highest BCUT2D eigenvalue weighted by Crippen LogP contribution is 2.62. The Hall–Kier alpha value is -7.83. The van der Waals surface area contributed by atoms with E-state index in [1.165, 1.54) is 46.9 Å². The molecule has 4 N–H and O–H groups in total. The number of anilines is 3. The molecule has 1 fully saturated rings. The van der Waals surface area contributed by atoms with E-state index in [0.717, 1.165) is 123 Å². The van der Waals surface area contributed by atoms with Crippen LogP contribution in [0.15, 0.2) is 84.0 Å². The third-order valence-corrected chi connectivity index (χ3v) is 17.9. The Morgan fingerprint density at radius 2 is 1.09 bits per heavy atom. The summed E-state index contributed by atoms with van der Waals surface area (Å²) in [6.07, 6.45) is 18.0. The summed E-state index contributed by atoms with van der Waals surface area (Å²) in [4.78, 5) is 103. The maximum atomic E-state index is 14.7. The summed E-state index contributed by atoms with van der Waals surface area (Å²) in [5.41, 5.74) is 15.7. The summed E-state index contributed by atoms with van der Waals surface area (Å²) in [5.74, 6) is -1.98. The summed E-state index contributed by atoms with van der Waals surface area (Å²) in [5, 5.41) is 16.2. The highest BCUT2D eigenvalue weighted by Gasteiger charge is 2.52. The normalized spacial score (nSPS) is 16.7. The van der Waals surface area contributed by atoms with Crippen LogP contribution >= 0.6 is 0 Å². The summed E-state index contributed by atoms with van der Waals surface area (Å²) in [7, 11) is 3.33. The van der Waals surface area contributed by atoms with E-state index < -0.39 is 40.9 Å². The molecule has 1 aliphatic heterocycles. The lowest BCUT2D eigenvalue weighted by atomic mass is 9.51. The molecular weight excluding hydrogens is 1170 g/mol. The first-order valence-corrected chi connectivity index (χ1v) is 33.7. The van der Waals surface area contributed by atoms with Crippen molar-refractivity contribution in [2.75, 3.05) is 69.4 Å². The van der Waals surface area contributed by atoms with Crippen LogP contribution in [0.5, 0.6) is 0 Å². The minimum atomic E-state index is -1.00. The number of rotatable bonds is 37. The number of nitrogens with zero attached hydrogens (tertiary/aromatic N) is 6. The van der Waals surface area contributed by atoms with Crippen molar-refractivity contribution < 1.29 is 47.4 Å². The van der Waals surface area contributed by atoms with E-state index in [2.05, 4.69) is 75.5 Å². The van der Waals surface area contributed by atoms with Gasteiger partial charge in [-0.05, 0) is 159 Å². The zero-order valence-corrected chi connectivity index (χ0v) is 55.5. The van der Waals surface area contributed by atoms with E-state index >= 15 is 0 Å². The number of azide groups is 1. The van der Waals surface area contributed by atoms with Crippen molar-refractivity contribution in [3.63, 3.8) is 0 Å². The Kier molecular flexibility index (Phi) is 27.5. The van der Waals surface area contributed by atoms with E-state index in [1.54, 1.807) is 19.0 Å². The zero-order chi connectivity index (χ0) is 66.2. The van der Waals surface area contributed by atoms with Crippen molar-refractivity contribution in [3.8, 4) is 0 Å². The molecule has 0 aromatic heterocycles. The molecule has 0 radical (unpaired) electrons. The summed E-state index contributed by atoms with van der Waals surface area (Å²) < 4.78 is 25.1. The lowest BCUT2D eigenvalue weighted by molar-refractivity contribution is -0.134. The third kappa shape index (κ3) is 20.1. The second-order valence-corrected chi connectivity index (χ2v) is 26.1. The van der Waals surface area contributed by atoms with Crippen LogP contribution in [-0.4, -0.2) is 127 Å². The van der Waals surface area contributed by atoms with Crippen LogP contribution in [0.4, 0.5) is 26.2 Å². The number of likely N-dealkylation sites (N-methyl/N-ethyl adjacent to an activating group) is 2. The van der Waals surface area contributed by atoms with Crippen molar-refractivity contribution in [2.24, 2.45) is 5.11 Å². The Labute approximate surface area is 543 Å². The van der Waals surface area contributed by atoms with Gasteiger partial charge in [-0.3, -0.25) is 28.8 Å². The van der Waals surface area contributed by atoms with Crippen LogP contribution < -0.4 is 21.3 Å². The fraction of sp³-hybridized carbons (Fsp3) is 0.569. The molecule has 1 saturated heterocycles. The molecule has 4 aromatic rings. The van der Waals surface area contributed by atoms with E-state index in [4.69, 9.17) is 9.47 Å². The van der Waals surface area contributed by atoms with Crippen molar-refractivity contribution in [2.45, 2.75) is 211 Å². The molecule has 4 aromatic carbocycles. The summed E-state index contributed by atoms with van der Waals surface area (Å²) >= 11 is 0. The number of amides is 7. The van der Waals surface area contributed by atoms with Gasteiger partial charge < -0.3 is 45.4 Å². The highest BCUT2D eigenvalue weighted by atomic mass is 19.1. The van der Waals surface area contributed by atoms with E-state index in [0.29, 0.717) is 55.7 Å². The molecular formula is C72H99FN10O9. The van der Waals surface area contributed by atoms with Crippen molar-refractivity contribution in [1.82, 2.24) is 20.0 Å². The number of ether oxygens (including phenoxy) is 2. The molecule has 92 heavy (non-hydrogen) atoms. The Bertz CT molecular complexity index is 3130. The molecule has 20 heteroatoms. The summed E-state index contributed by atoms with van der Waals surface area (Å²) in [6, 6.07) is 21.9. The Morgan fingerprint density at radius 3 is 1.55 bits per heavy atom. The van der Waals surface area contributed by atoms with E-state index in [9.17, 15) is 43.5 Å². The van der Waals surface area contributed by atoms with Crippen LogP contribution in [0.25, 0.3) is 10.4 Å². The number of likely N-dealkylation sites (tertiary alicyclic amines) is 1. The number of halogens is 1. The number of alkyl carbamates (subject to hydrolysis) is 1. The van der Waals surface area contributed by atoms with Crippen LogP contribution in [0, 0.1) is 5.82 Å². The highest BCUT2D eigenvalue weighted by molar-refractivity contribution is 5.98. The number of unbranched alkanes of at least 4 members (excludes halogenated alkanes) is 14. The molecule has 0 saturated carbocycles. The van der Waals surface area contributed by atoms with Gasteiger partial charge in [0.2, 0.25) is 29.5 Å². The molecule has 0 unspecified atom stereocenters. The fourth-order valence-electron chi connectivity index (χ4n) is 13.0. The van der Waals surface area contributed by atoms with Gasteiger partial charge in [-0.1, -0.05) is 121 Å². The van der Waals surface area contributed by atoms with Crippen LogP contribution in [0.1, 0.15) is 232 Å². The predicted molar refractivity (Wildman–Crippen MR) is 358 cm³/mol. The second-order valence-electron chi connectivity index (χ2n) is 26.1.